The molecule has 0 aliphatic rings. The number of carbonyl (C=O) groups excluding carboxylic acids is 1. The van der Waals surface area contributed by atoms with Gasteiger partial charge in [-0.2, -0.15) is 5.10 Å². The molecule has 1 heterocycles. The third-order valence-corrected chi connectivity index (χ3v) is 5.82. The number of H-pyrrole nitrogens is 1. The summed E-state index contributed by atoms with van der Waals surface area (Å²) in [5.41, 5.74) is 4.40. The number of nitrogens with one attached hydrogen (secondary N) is 2. The summed E-state index contributed by atoms with van der Waals surface area (Å²) in [6.07, 6.45) is 1.09. The molecule has 4 rings (SSSR count). The van der Waals surface area contributed by atoms with Crippen molar-refractivity contribution in [1.29, 1.82) is 0 Å². The van der Waals surface area contributed by atoms with Gasteiger partial charge in [0.15, 0.2) is 10.6 Å². The lowest BCUT2D eigenvalue weighted by atomic mass is 10.1. The van der Waals surface area contributed by atoms with E-state index in [4.69, 9.17) is 17.0 Å². The van der Waals surface area contributed by atoms with Gasteiger partial charge in [0.1, 0.15) is 12.4 Å². The molecule has 7 heteroatoms. The van der Waals surface area contributed by atoms with Crippen molar-refractivity contribution in [3.8, 4) is 17.1 Å². The van der Waals surface area contributed by atoms with Gasteiger partial charge in [-0.1, -0.05) is 66.2 Å². The summed E-state index contributed by atoms with van der Waals surface area (Å²) in [6.45, 7) is 3.62. The number of aromatic nitrogens is 3. The van der Waals surface area contributed by atoms with Crippen LogP contribution in [-0.4, -0.2) is 27.2 Å². The number of ether oxygens (including phenoxy) is 1. The number of hydrogen-bond acceptors (Lipinski definition) is 4. The Hall–Kier alpha value is -3.71. The minimum absolute atomic E-state index is 0.0129. The zero-order chi connectivity index (χ0) is 23.8. The molecule has 3 aromatic carbocycles. The summed E-state index contributed by atoms with van der Waals surface area (Å²) < 4.78 is 8.21. The van der Waals surface area contributed by atoms with Gasteiger partial charge in [-0.05, 0) is 54.9 Å². The van der Waals surface area contributed by atoms with E-state index in [2.05, 4.69) is 21.6 Å². The zero-order valence-electron chi connectivity index (χ0n) is 19.2. The molecule has 174 valence electrons. The highest BCUT2D eigenvalue weighted by Gasteiger charge is 2.11. The van der Waals surface area contributed by atoms with Crippen LogP contribution < -0.4 is 10.1 Å². The summed E-state index contributed by atoms with van der Waals surface area (Å²) >= 11 is 5.37. The predicted molar refractivity (Wildman–Crippen MR) is 136 cm³/mol. The smallest absolute Gasteiger partial charge is 0.221 e. The monoisotopic (exact) mass is 472 g/mol. The van der Waals surface area contributed by atoms with Gasteiger partial charge >= 0.3 is 0 Å². The Balaban J connectivity index is 1.22. The van der Waals surface area contributed by atoms with Crippen LogP contribution in [0.5, 0.6) is 5.75 Å². The number of aromatic amines is 1. The Labute approximate surface area is 204 Å². The van der Waals surface area contributed by atoms with Crippen LogP contribution in [0, 0.1) is 11.7 Å². The topological polar surface area (TPSA) is 71.9 Å². The molecule has 0 bridgehead atoms. The van der Waals surface area contributed by atoms with E-state index in [-0.39, 0.29) is 5.91 Å². The largest absolute Gasteiger partial charge is 0.489 e. The van der Waals surface area contributed by atoms with Crippen LogP contribution >= 0.6 is 12.2 Å². The third kappa shape index (κ3) is 6.42. The first-order valence-corrected chi connectivity index (χ1v) is 11.7. The fourth-order valence-corrected chi connectivity index (χ4v) is 3.89. The van der Waals surface area contributed by atoms with E-state index in [1.54, 1.807) is 0 Å². The second kappa shape index (κ2) is 11.4. The molecule has 4 aromatic rings. The van der Waals surface area contributed by atoms with Crippen molar-refractivity contribution < 1.29 is 9.53 Å². The van der Waals surface area contributed by atoms with Crippen molar-refractivity contribution >= 4 is 18.1 Å². The number of aryl methyl sites for hydroxylation is 1. The molecule has 0 atom stereocenters. The summed E-state index contributed by atoms with van der Waals surface area (Å²) in [6, 6.07) is 26.2. The first kappa shape index (κ1) is 23.4. The lowest BCUT2D eigenvalue weighted by Gasteiger charge is -2.09. The predicted octanol–water partition coefficient (Wildman–Crippen LogP) is 5.24. The van der Waals surface area contributed by atoms with Crippen molar-refractivity contribution in [2.75, 3.05) is 6.54 Å². The molecule has 0 aliphatic heterocycles. The summed E-state index contributed by atoms with van der Waals surface area (Å²) in [4.78, 5) is 12.4. The molecule has 34 heavy (non-hydrogen) atoms. The first-order valence-electron chi connectivity index (χ1n) is 11.3. The van der Waals surface area contributed by atoms with Gasteiger partial charge in [-0.3, -0.25) is 14.5 Å². The van der Waals surface area contributed by atoms with Crippen molar-refractivity contribution in [2.24, 2.45) is 0 Å². The molecule has 0 saturated carbocycles. The average Bonchev–Trinajstić information content (AvgIpc) is 3.23. The van der Waals surface area contributed by atoms with E-state index >= 15 is 0 Å². The van der Waals surface area contributed by atoms with Crippen molar-refractivity contribution in [3.63, 3.8) is 0 Å². The van der Waals surface area contributed by atoms with Crippen molar-refractivity contribution in [1.82, 2.24) is 20.1 Å². The van der Waals surface area contributed by atoms with Crippen LogP contribution in [0.15, 0.2) is 78.9 Å². The fourth-order valence-electron chi connectivity index (χ4n) is 3.67. The first-order chi connectivity index (χ1) is 16.6. The molecule has 0 saturated heterocycles. The average molecular weight is 473 g/mol. The summed E-state index contributed by atoms with van der Waals surface area (Å²) in [7, 11) is 0. The maximum atomic E-state index is 12.4. The van der Waals surface area contributed by atoms with Gasteiger partial charge in [0.2, 0.25) is 5.91 Å². The summed E-state index contributed by atoms with van der Waals surface area (Å²) in [5, 5.41) is 10.2. The molecule has 6 nitrogen and oxygen atoms in total. The number of nitrogens with zero attached hydrogens (tertiary/aromatic N) is 2. The molecular formula is C27H28N4O2S. The maximum Gasteiger partial charge on any atom is 0.221 e. The zero-order valence-corrected chi connectivity index (χ0v) is 20.0. The molecule has 0 aliphatic carbocycles. The number of rotatable bonds is 10. The minimum atomic E-state index is -0.0129. The Morgan fingerprint density at radius 3 is 2.59 bits per heavy atom. The Morgan fingerprint density at radius 1 is 1.03 bits per heavy atom. The SMILES string of the molecule is Cc1cccc(-c2n[nH]c(=S)n2CCC(=O)NCCc2ccc(OCc3ccccc3)cc2)c1. The van der Waals surface area contributed by atoms with Gasteiger partial charge in [-0.15, -0.1) is 0 Å². The van der Waals surface area contributed by atoms with E-state index in [1.807, 2.05) is 84.3 Å². The van der Waals surface area contributed by atoms with Crippen LogP contribution in [0.2, 0.25) is 0 Å². The molecule has 0 fully saturated rings. The third-order valence-electron chi connectivity index (χ3n) is 5.50. The van der Waals surface area contributed by atoms with Crippen LogP contribution in [0.25, 0.3) is 11.4 Å². The number of amides is 1. The Bertz CT molecular complexity index is 1280. The van der Waals surface area contributed by atoms with Gasteiger partial charge in [-0.25, -0.2) is 0 Å². The van der Waals surface area contributed by atoms with Crippen LogP contribution in [-0.2, 0) is 24.4 Å². The quantitative estimate of drug-likeness (QED) is 0.310. The van der Waals surface area contributed by atoms with E-state index in [0.29, 0.717) is 30.9 Å². The van der Waals surface area contributed by atoms with Gasteiger partial charge in [0.05, 0.1) is 0 Å². The van der Waals surface area contributed by atoms with Crippen LogP contribution in [0.1, 0.15) is 23.1 Å². The highest BCUT2D eigenvalue weighted by Crippen LogP contribution is 2.19. The normalized spacial score (nSPS) is 10.7. The van der Waals surface area contributed by atoms with Gasteiger partial charge in [0, 0.05) is 25.1 Å². The molecule has 1 amide bonds. The molecule has 0 unspecified atom stereocenters. The number of benzene rings is 3. The van der Waals surface area contributed by atoms with E-state index < -0.39 is 0 Å². The van der Waals surface area contributed by atoms with E-state index in [1.165, 1.54) is 0 Å². The molecule has 0 spiro atoms. The standard InChI is InChI=1S/C27H28N4O2S/c1-20-6-5-9-23(18-20)26-29-30-27(34)31(26)17-15-25(32)28-16-14-21-10-12-24(13-11-21)33-19-22-7-3-2-4-8-22/h2-13,18H,14-17,19H2,1H3,(H,28,32)(H,30,34). The lowest BCUT2D eigenvalue weighted by molar-refractivity contribution is -0.121. The van der Waals surface area contributed by atoms with Gasteiger partial charge in [0.25, 0.3) is 0 Å². The Morgan fingerprint density at radius 2 is 1.82 bits per heavy atom. The molecule has 0 radical (unpaired) electrons. The summed E-state index contributed by atoms with van der Waals surface area (Å²) in [5.74, 6) is 1.56. The lowest BCUT2D eigenvalue weighted by Crippen LogP contribution is -2.26. The minimum Gasteiger partial charge on any atom is -0.489 e. The van der Waals surface area contributed by atoms with E-state index in [9.17, 15) is 4.79 Å². The van der Waals surface area contributed by atoms with Gasteiger partial charge < -0.3 is 10.1 Å². The highest BCUT2D eigenvalue weighted by molar-refractivity contribution is 7.71. The van der Waals surface area contributed by atoms with Crippen molar-refractivity contribution in [3.05, 3.63) is 100 Å². The Kier molecular flexibility index (Phi) is 7.88. The second-order valence-corrected chi connectivity index (χ2v) is 8.53. The molecular weight excluding hydrogens is 444 g/mol. The number of hydrogen-bond donors (Lipinski definition) is 2. The number of carbonyl (C=O) groups is 1. The van der Waals surface area contributed by atoms with Crippen LogP contribution in [0.3, 0.4) is 0 Å². The maximum absolute atomic E-state index is 12.4. The molecule has 2 N–H and O–H groups in total. The van der Waals surface area contributed by atoms with E-state index in [0.717, 1.165) is 40.2 Å². The van der Waals surface area contributed by atoms with Crippen LogP contribution in [0.4, 0.5) is 0 Å². The van der Waals surface area contributed by atoms with Crippen molar-refractivity contribution in [2.45, 2.75) is 32.9 Å². The molecule has 1 aromatic heterocycles. The highest BCUT2D eigenvalue weighted by atomic mass is 32.1. The fraction of sp³-hybridized carbons (Fsp3) is 0.222. The second-order valence-electron chi connectivity index (χ2n) is 8.14.